The summed E-state index contributed by atoms with van der Waals surface area (Å²) in [6.07, 6.45) is 0. The molecule has 0 bridgehead atoms. The molecule has 0 aliphatic rings. The van der Waals surface area contributed by atoms with Crippen molar-refractivity contribution in [2.24, 2.45) is 0 Å². The van der Waals surface area contributed by atoms with E-state index in [1.807, 2.05) is 39.0 Å². The summed E-state index contributed by atoms with van der Waals surface area (Å²) in [6.45, 7) is 6.14. The number of amides is 1. The van der Waals surface area contributed by atoms with Gasteiger partial charge in [0.25, 0.3) is 5.91 Å². The first kappa shape index (κ1) is 18.3. The van der Waals surface area contributed by atoms with Crippen molar-refractivity contribution in [3.63, 3.8) is 0 Å². The Morgan fingerprint density at radius 3 is 2.65 bits per heavy atom. The van der Waals surface area contributed by atoms with Crippen LogP contribution in [-0.2, 0) is 11.3 Å². The van der Waals surface area contributed by atoms with Gasteiger partial charge in [-0.2, -0.15) is 4.98 Å². The van der Waals surface area contributed by atoms with Crippen LogP contribution in [0.1, 0.15) is 32.2 Å². The smallest absolute Gasteiger partial charge is 0.266 e. The average molecular weight is 371 g/mol. The lowest BCUT2D eigenvalue weighted by molar-refractivity contribution is 0.103. The van der Waals surface area contributed by atoms with Gasteiger partial charge in [0.1, 0.15) is 11.4 Å². The molecule has 3 rings (SSSR count). The van der Waals surface area contributed by atoms with Crippen molar-refractivity contribution < 1.29 is 14.3 Å². The molecule has 0 unspecified atom stereocenters. The third-order valence-corrected chi connectivity index (χ3v) is 5.30. The molecule has 136 valence electrons. The zero-order valence-electron chi connectivity index (χ0n) is 15.5. The van der Waals surface area contributed by atoms with Gasteiger partial charge in [-0.05, 0) is 43.5 Å². The Hall–Kier alpha value is -2.51. The SMILES string of the molecule is COCc1nc(OC)c2c(C)c(C(=O)Nc3cc(C)ccc3C)sc2n1. The van der Waals surface area contributed by atoms with Crippen molar-refractivity contribution >= 4 is 33.1 Å². The van der Waals surface area contributed by atoms with Gasteiger partial charge in [-0.15, -0.1) is 11.3 Å². The zero-order valence-corrected chi connectivity index (χ0v) is 16.3. The average Bonchev–Trinajstić information content (AvgIpc) is 2.94. The Labute approximate surface area is 156 Å². The number of hydrogen-bond donors (Lipinski definition) is 1. The van der Waals surface area contributed by atoms with Crippen LogP contribution in [0.3, 0.4) is 0 Å². The number of benzene rings is 1. The summed E-state index contributed by atoms with van der Waals surface area (Å²) in [5.41, 5.74) is 3.73. The van der Waals surface area contributed by atoms with Gasteiger partial charge in [-0.3, -0.25) is 4.79 Å². The summed E-state index contributed by atoms with van der Waals surface area (Å²) in [5, 5.41) is 3.77. The van der Waals surface area contributed by atoms with Gasteiger partial charge >= 0.3 is 0 Å². The molecule has 0 fully saturated rings. The van der Waals surface area contributed by atoms with E-state index < -0.39 is 0 Å². The fourth-order valence-electron chi connectivity index (χ4n) is 2.75. The maximum atomic E-state index is 12.9. The van der Waals surface area contributed by atoms with Crippen LogP contribution in [0.4, 0.5) is 5.69 Å². The van der Waals surface area contributed by atoms with E-state index in [4.69, 9.17) is 9.47 Å². The van der Waals surface area contributed by atoms with Crippen LogP contribution in [-0.4, -0.2) is 30.1 Å². The third kappa shape index (κ3) is 3.40. The van der Waals surface area contributed by atoms with E-state index in [2.05, 4.69) is 15.3 Å². The van der Waals surface area contributed by atoms with Crippen molar-refractivity contribution in [2.45, 2.75) is 27.4 Å². The maximum absolute atomic E-state index is 12.9. The van der Waals surface area contributed by atoms with E-state index in [-0.39, 0.29) is 12.5 Å². The van der Waals surface area contributed by atoms with Gasteiger partial charge in [0, 0.05) is 12.8 Å². The Kier molecular flexibility index (Phi) is 5.20. The molecule has 0 radical (unpaired) electrons. The van der Waals surface area contributed by atoms with Crippen LogP contribution in [0, 0.1) is 20.8 Å². The van der Waals surface area contributed by atoms with Gasteiger partial charge in [0.05, 0.1) is 17.4 Å². The topological polar surface area (TPSA) is 73.3 Å². The highest BCUT2D eigenvalue weighted by Crippen LogP contribution is 2.35. The molecule has 0 atom stereocenters. The van der Waals surface area contributed by atoms with E-state index in [9.17, 15) is 4.79 Å². The van der Waals surface area contributed by atoms with Crippen molar-refractivity contribution in [2.75, 3.05) is 19.5 Å². The number of ether oxygens (including phenoxy) is 2. The Morgan fingerprint density at radius 2 is 1.96 bits per heavy atom. The monoisotopic (exact) mass is 371 g/mol. The molecule has 3 aromatic rings. The Bertz CT molecular complexity index is 982. The van der Waals surface area contributed by atoms with Crippen molar-refractivity contribution in [3.05, 3.63) is 45.6 Å². The van der Waals surface area contributed by atoms with Crippen molar-refractivity contribution in [1.82, 2.24) is 9.97 Å². The molecule has 0 saturated heterocycles. The highest BCUT2D eigenvalue weighted by molar-refractivity contribution is 7.20. The molecule has 1 N–H and O–H groups in total. The van der Waals surface area contributed by atoms with Gasteiger partial charge in [-0.1, -0.05) is 12.1 Å². The summed E-state index contributed by atoms with van der Waals surface area (Å²) in [4.78, 5) is 23.0. The molecule has 26 heavy (non-hydrogen) atoms. The summed E-state index contributed by atoms with van der Waals surface area (Å²) < 4.78 is 10.5. The number of thiophene rings is 1. The summed E-state index contributed by atoms with van der Waals surface area (Å²) in [5.74, 6) is 0.829. The van der Waals surface area contributed by atoms with Crippen LogP contribution < -0.4 is 10.1 Å². The molecule has 0 aliphatic heterocycles. The number of methoxy groups -OCH3 is 2. The number of hydrogen-bond acceptors (Lipinski definition) is 6. The number of carbonyl (C=O) groups excluding carboxylic acids is 1. The number of aryl methyl sites for hydroxylation is 3. The standard InChI is InChI=1S/C19H21N3O3S/c1-10-6-7-11(2)13(8-10)20-17(23)16-12(3)15-18(25-5)21-14(9-24-4)22-19(15)26-16/h6-8H,9H2,1-5H3,(H,20,23). The van der Waals surface area contributed by atoms with E-state index in [0.717, 1.165) is 27.8 Å². The van der Waals surface area contributed by atoms with Crippen LogP contribution in [0.5, 0.6) is 5.88 Å². The predicted molar refractivity (Wildman–Crippen MR) is 103 cm³/mol. The van der Waals surface area contributed by atoms with Gasteiger partial charge in [-0.25, -0.2) is 4.98 Å². The quantitative estimate of drug-likeness (QED) is 0.733. The number of nitrogens with one attached hydrogen (secondary N) is 1. The van der Waals surface area contributed by atoms with Crippen LogP contribution in [0.15, 0.2) is 18.2 Å². The molecule has 1 aromatic carbocycles. The minimum absolute atomic E-state index is 0.158. The molecule has 2 aromatic heterocycles. The lowest BCUT2D eigenvalue weighted by Crippen LogP contribution is -2.12. The highest BCUT2D eigenvalue weighted by atomic mass is 32.1. The van der Waals surface area contributed by atoms with Crippen molar-refractivity contribution in [3.8, 4) is 5.88 Å². The Morgan fingerprint density at radius 1 is 1.19 bits per heavy atom. The molecule has 6 nitrogen and oxygen atoms in total. The summed E-state index contributed by atoms with van der Waals surface area (Å²) >= 11 is 1.33. The summed E-state index contributed by atoms with van der Waals surface area (Å²) in [7, 11) is 3.15. The van der Waals surface area contributed by atoms with Crippen LogP contribution in [0.25, 0.3) is 10.2 Å². The largest absolute Gasteiger partial charge is 0.480 e. The second-order valence-electron chi connectivity index (χ2n) is 6.09. The van der Waals surface area contributed by atoms with Gasteiger partial charge in [0.15, 0.2) is 5.82 Å². The zero-order chi connectivity index (χ0) is 18.8. The fraction of sp³-hybridized carbons (Fsp3) is 0.316. The molecular formula is C19H21N3O3S. The fourth-order valence-corrected chi connectivity index (χ4v) is 3.84. The molecule has 2 heterocycles. The number of aromatic nitrogens is 2. The number of anilines is 1. The molecule has 0 spiro atoms. The Balaban J connectivity index is 2.03. The second-order valence-corrected chi connectivity index (χ2v) is 7.09. The van der Waals surface area contributed by atoms with E-state index in [0.29, 0.717) is 21.4 Å². The van der Waals surface area contributed by atoms with E-state index in [1.54, 1.807) is 14.2 Å². The minimum Gasteiger partial charge on any atom is -0.480 e. The highest BCUT2D eigenvalue weighted by Gasteiger charge is 2.21. The number of fused-ring (bicyclic) bond motifs is 1. The van der Waals surface area contributed by atoms with E-state index in [1.165, 1.54) is 11.3 Å². The van der Waals surface area contributed by atoms with Gasteiger partial charge in [0.2, 0.25) is 5.88 Å². The molecule has 0 saturated carbocycles. The lowest BCUT2D eigenvalue weighted by atomic mass is 10.1. The predicted octanol–water partition coefficient (Wildman–Crippen LogP) is 4.02. The first-order chi connectivity index (χ1) is 12.4. The van der Waals surface area contributed by atoms with Crippen LogP contribution >= 0.6 is 11.3 Å². The molecule has 7 heteroatoms. The lowest BCUT2D eigenvalue weighted by Gasteiger charge is -2.09. The third-order valence-electron chi connectivity index (χ3n) is 4.12. The summed E-state index contributed by atoms with van der Waals surface area (Å²) in [6, 6.07) is 5.98. The van der Waals surface area contributed by atoms with Crippen molar-refractivity contribution in [1.29, 1.82) is 0 Å². The molecule has 0 aliphatic carbocycles. The maximum Gasteiger partial charge on any atom is 0.266 e. The second kappa shape index (κ2) is 7.39. The van der Waals surface area contributed by atoms with Crippen LogP contribution in [0.2, 0.25) is 0 Å². The molecular weight excluding hydrogens is 350 g/mol. The minimum atomic E-state index is -0.158. The number of rotatable bonds is 5. The number of carbonyl (C=O) groups is 1. The first-order valence-electron chi connectivity index (χ1n) is 8.16. The molecule has 1 amide bonds. The van der Waals surface area contributed by atoms with Gasteiger partial charge < -0.3 is 14.8 Å². The normalized spacial score (nSPS) is 11.0. The number of nitrogens with zero attached hydrogens (tertiary/aromatic N) is 2. The van der Waals surface area contributed by atoms with E-state index >= 15 is 0 Å². The first-order valence-corrected chi connectivity index (χ1v) is 8.97.